The number of hydrogen-bond donors (Lipinski definition) is 1. The molecule has 3 aromatic carbocycles. The summed E-state index contributed by atoms with van der Waals surface area (Å²) in [5.74, 6) is 0.133. The van der Waals surface area contributed by atoms with Crippen LogP contribution in [0.25, 0.3) is 10.9 Å². The van der Waals surface area contributed by atoms with Gasteiger partial charge in [0.25, 0.3) is 5.91 Å². The molecule has 0 spiro atoms. The zero-order valence-corrected chi connectivity index (χ0v) is 23.2. The van der Waals surface area contributed by atoms with E-state index < -0.39 is 6.04 Å². The first kappa shape index (κ1) is 25.8. The SMILES string of the molecule is CCC(C)C(C(=O)Nc1ccc(C(C)C)cc1)N1C(=O)c2ccccc2C1c1c(C)n(C)c2ccccc12. The minimum atomic E-state index is -0.631. The largest absolute Gasteiger partial charge is 0.348 e. The zero-order chi connectivity index (χ0) is 27.1. The van der Waals surface area contributed by atoms with Gasteiger partial charge in [0.05, 0.1) is 6.04 Å². The highest BCUT2D eigenvalue weighted by Crippen LogP contribution is 2.45. The third kappa shape index (κ3) is 4.20. The van der Waals surface area contributed by atoms with E-state index in [9.17, 15) is 9.59 Å². The topological polar surface area (TPSA) is 54.3 Å². The number of anilines is 1. The molecule has 1 aliphatic heterocycles. The minimum absolute atomic E-state index is 0.0408. The van der Waals surface area contributed by atoms with Crippen molar-refractivity contribution >= 4 is 28.4 Å². The lowest BCUT2D eigenvalue weighted by Gasteiger charge is -2.36. The van der Waals surface area contributed by atoms with Gasteiger partial charge in [0, 0.05) is 40.5 Å². The highest BCUT2D eigenvalue weighted by molar-refractivity contribution is 6.05. The number of carbonyl (C=O) groups excluding carboxylic acids is 2. The highest BCUT2D eigenvalue weighted by atomic mass is 16.2. The molecule has 38 heavy (non-hydrogen) atoms. The molecule has 0 bridgehead atoms. The summed E-state index contributed by atoms with van der Waals surface area (Å²) in [5.41, 5.74) is 6.90. The molecule has 5 heteroatoms. The first-order valence-corrected chi connectivity index (χ1v) is 13.6. The van der Waals surface area contributed by atoms with Gasteiger partial charge < -0.3 is 14.8 Å². The molecule has 1 N–H and O–H groups in total. The number of aryl methyl sites for hydroxylation is 1. The molecule has 0 saturated carbocycles. The number of fused-ring (bicyclic) bond motifs is 2. The summed E-state index contributed by atoms with van der Waals surface area (Å²) >= 11 is 0. The first-order valence-electron chi connectivity index (χ1n) is 13.6. The van der Waals surface area contributed by atoms with Crippen LogP contribution in [0.3, 0.4) is 0 Å². The Morgan fingerprint density at radius 2 is 1.61 bits per heavy atom. The number of hydrogen-bond acceptors (Lipinski definition) is 2. The van der Waals surface area contributed by atoms with Gasteiger partial charge in [-0.3, -0.25) is 9.59 Å². The van der Waals surface area contributed by atoms with Crippen LogP contribution >= 0.6 is 0 Å². The average molecular weight is 508 g/mol. The van der Waals surface area contributed by atoms with Gasteiger partial charge in [0.2, 0.25) is 5.91 Å². The summed E-state index contributed by atoms with van der Waals surface area (Å²) in [6.45, 7) is 10.5. The van der Waals surface area contributed by atoms with E-state index in [0.717, 1.165) is 39.8 Å². The van der Waals surface area contributed by atoms with Gasteiger partial charge in [-0.05, 0) is 54.2 Å². The number of aromatic nitrogens is 1. The summed E-state index contributed by atoms with van der Waals surface area (Å²) in [7, 11) is 2.06. The molecule has 3 atom stereocenters. The Morgan fingerprint density at radius 3 is 2.29 bits per heavy atom. The van der Waals surface area contributed by atoms with Crippen molar-refractivity contribution in [3.8, 4) is 0 Å². The van der Waals surface area contributed by atoms with Crippen LogP contribution in [0, 0.1) is 12.8 Å². The quantitative estimate of drug-likeness (QED) is 0.287. The fourth-order valence-electron chi connectivity index (χ4n) is 5.86. The molecule has 0 saturated heterocycles. The van der Waals surface area contributed by atoms with Gasteiger partial charge in [-0.25, -0.2) is 0 Å². The molecule has 3 unspecified atom stereocenters. The predicted molar refractivity (Wildman–Crippen MR) is 155 cm³/mol. The maximum atomic E-state index is 14.1. The van der Waals surface area contributed by atoms with E-state index in [1.807, 2.05) is 53.4 Å². The summed E-state index contributed by atoms with van der Waals surface area (Å²) in [6.07, 6.45) is 0.770. The summed E-state index contributed by atoms with van der Waals surface area (Å²) in [5, 5.41) is 4.25. The zero-order valence-electron chi connectivity index (χ0n) is 23.2. The Bertz CT molecular complexity index is 1500. The van der Waals surface area contributed by atoms with Gasteiger partial charge in [0.1, 0.15) is 6.04 Å². The molecule has 1 aromatic heterocycles. The van der Waals surface area contributed by atoms with Crippen LogP contribution in [0.1, 0.15) is 78.8 Å². The summed E-state index contributed by atoms with van der Waals surface area (Å²) < 4.78 is 2.18. The number of carbonyl (C=O) groups is 2. The van der Waals surface area contributed by atoms with Crippen LogP contribution in [-0.4, -0.2) is 27.3 Å². The molecule has 1 aliphatic rings. The van der Waals surface area contributed by atoms with E-state index in [-0.39, 0.29) is 23.8 Å². The van der Waals surface area contributed by atoms with E-state index in [1.54, 1.807) is 0 Å². The van der Waals surface area contributed by atoms with Crippen LogP contribution in [0.15, 0.2) is 72.8 Å². The molecular weight excluding hydrogens is 470 g/mol. The van der Waals surface area contributed by atoms with Crippen LogP contribution in [-0.2, 0) is 11.8 Å². The number of benzene rings is 3. The van der Waals surface area contributed by atoms with Gasteiger partial charge in [-0.15, -0.1) is 0 Å². The Balaban J connectivity index is 1.63. The Labute approximate surface area is 225 Å². The van der Waals surface area contributed by atoms with Gasteiger partial charge in [-0.1, -0.05) is 82.6 Å². The Kier molecular flexibility index (Phi) is 6.87. The third-order valence-corrected chi connectivity index (χ3v) is 8.32. The Hall–Kier alpha value is -3.86. The summed E-state index contributed by atoms with van der Waals surface area (Å²) in [4.78, 5) is 30.0. The van der Waals surface area contributed by atoms with Crippen LogP contribution in [0.2, 0.25) is 0 Å². The van der Waals surface area contributed by atoms with Gasteiger partial charge >= 0.3 is 0 Å². The molecule has 5 nitrogen and oxygen atoms in total. The second kappa shape index (κ2) is 10.1. The van der Waals surface area contributed by atoms with Gasteiger partial charge in [-0.2, -0.15) is 0 Å². The number of nitrogens with one attached hydrogen (secondary N) is 1. The molecule has 4 aromatic rings. The second-order valence-electron chi connectivity index (χ2n) is 10.9. The molecule has 0 fully saturated rings. The number of amides is 2. The van der Waals surface area contributed by atoms with Crippen molar-refractivity contribution in [2.24, 2.45) is 13.0 Å². The molecule has 0 radical (unpaired) electrons. The average Bonchev–Trinajstić information content (AvgIpc) is 3.34. The van der Waals surface area contributed by atoms with Crippen LogP contribution in [0.5, 0.6) is 0 Å². The minimum Gasteiger partial charge on any atom is -0.348 e. The first-order chi connectivity index (χ1) is 18.2. The lowest BCUT2D eigenvalue weighted by atomic mass is 9.91. The number of nitrogens with zero attached hydrogens (tertiary/aromatic N) is 2. The molecule has 5 rings (SSSR count). The van der Waals surface area contributed by atoms with Crippen molar-refractivity contribution in [3.05, 3.63) is 101 Å². The van der Waals surface area contributed by atoms with Crippen molar-refractivity contribution in [1.29, 1.82) is 0 Å². The highest BCUT2D eigenvalue weighted by Gasteiger charge is 2.46. The van der Waals surface area contributed by atoms with Crippen molar-refractivity contribution in [1.82, 2.24) is 9.47 Å². The maximum absolute atomic E-state index is 14.1. The van der Waals surface area contributed by atoms with Gasteiger partial charge in [0.15, 0.2) is 0 Å². The standard InChI is InChI=1S/C33H37N3O2/c1-7-21(4)30(32(37)34-24-18-16-23(17-19-24)20(2)3)36-31(25-12-8-9-13-26(25)33(36)38)29-22(5)35(6)28-15-11-10-14-27(28)29/h8-21,30-31H,7H2,1-6H3,(H,34,37). The van der Waals surface area contributed by atoms with Crippen molar-refractivity contribution in [3.63, 3.8) is 0 Å². The Morgan fingerprint density at radius 1 is 0.947 bits per heavy atom. The molecule has 0 aliphatic carbocycles. The lowest BCUT2D eigenvalue weighted by Crippen LogP contribution is -2.50. The van der Waals surface area contributed by atoms with Crippen molar-refractivity contribution in [2.45, 2.75) is 59.0 Å². The smallest absolute Gasteiger partial charge is 0.255 e. The van der Waals surface area contributed by atoms with Crippen LogP contribution < -0.4 is 5.32 Å². The predicted octanol–water partition coefficient (Wildman–Crippen LogP) is 7.21. The van der Waals surface area contributed by atoms with E-state index in [0.29, 0.717) is 11.5 Å². The van der Waals surface area contributed by atoms with E-state index in [2.05, 4.69) is 75.8 Å². The van der Waals surface area contributed by atoms with E-state index >= 15 is 0 Å². The fraction of sp³-hybridized carbons (Fsp3) is 0.333. The van der Waals surface area contributed by atoms with E-state index in [1.165, 1.54) is 5.56 Å². The summed E-state index contributed by atoms with van der Waals surface area (Å²) in [6, 6.07) is 23.2. The molecule has 2 heterocycles. The fourth-order valence-corrected chi connectivity index (χ4v) is 5.86. The third-order valence-electron chi connectivity index (χ3n) is 8.32. The normalized spacial score (nSPS) is 16.7. The molecule has 196 valence electrons. The lowest BCUT2D eigenvalue weighted by molar-refractivity contribution is -0.122. The number of para-hydroxylation sites is 1. The maximum Gasteiger partial charge on any atom is 0.255 e. The number of rotatable bonds is 7. The molecule has 2 amide bonds. The van der Waals surface area contributed by atoms with E-state index in [4.69, 9.17) is 0 Å². The van der Waals surface area contributed by atoms with Crippen molar-refractivity contribution < 1.29 is 9.59 Å². The molecular formula is C33H37N3O2. The monoisotopic (exact) mass is 507 g/mol. The second-order valence-corrected chi connectivity index (χ2v) is 10.9. The van der Waals surface area contributed by atoms with Crippen LogP contribution in [0.4, 0.5) is 5.69 Å². The van der Waals surface area contributed by atoms with Crippen molar-refractivity contribution in [2.75, 3.05) is 5.32 Å².